The van der Waals surface area contributed by atoms with Crippen LogP contribution in [0.4, 0.5) is 11.4 Å². The first-order valence-corrected chi connectivity index (χ1v) is 22.5. The van der Waals surface area contributed by atoms with E-state index in [-0.39, 0.29) is 17.9 Å². The molecule has 2 nitrogen and oxygen atoms in total. The lowest BCUT2D eigenvalue weighted by molar-refractivity contribution is 0.472. The number of hydrogen-bond donors (Lipinski definition) is 0. The number of benzene rings is 2. The molecule has 1 saturated heterocycles. The minimum absolute atomic E-state index is 0.0199. The second-order valence-electron chi connectivity index (χ2n) is 16.6. The van der Waals surface area contributed by atoms with Crippen LogP contribution in [-0.2, 0) is 0 Å². The van der Waals surface area contributed by atoms with Crippen molar-refractivity contribution in [3.8, 4) is 0 Å². The highest BCUT2D eigenvalue weighted by molar-refractivity contribution is 7.63. The second kappa shape index (κ2) is 15.8. The van der Waals surface area contributed by atoms with Crippen LogP contribution in [0.25, 0.3) is 0 Å². The van der Waals surface area contributed by atoms with Crippen molar-refractivity contribution in [3.05, 3.63) is 104 Å². The second-order valence-corrected chi connectivity index (χ2v) is 21.1. The summed E-state index contributed by atoms with van der Waals surface area (Å²) in [6.07, 6.45) is 27.5. The van der Waals surface area contributed by atoms with Gasteiger partial charge >= 0.3 is 0 Å². The molecule has 0 N–H and O–H groups in total. The quantitative estimate of drug-likeness (QED) is 0.215. The Morgan fingerprint density at radius 3 is 1.67 bits per heavy atom. The maximum atomic E-state index is 8.26. The SMILES string of the molecule is Cc1cc(C)c(N2CCN(c3c(C)cc(C)cc3C)C2=C2C=CC=C(C=C3C(Cl)CCCC3(Cl)P(C3CCCCC3)C3CCCCC3)C2)c(C)c1. The summed E-state index contributed by atoms with van der Waals surface area (Å²) in [5.74, 6) is 1.33. The van der Waals surface area contributed by atoms with Crippen molar-refractivity contribution >= 4 is 42.5 Å². The van der Waals surface area contributed by atoms with Gasteiger partial charge in [-0.05, 0) is 137 Å². The van der Waals surface area contributed by atoms with Crippen LogP contribution in [0.5, 0.6) is 0 Å². The summed E-state index contributed by atoms with van der Waals surface area (Å²) in [4.78, 5) is 5.25. The predicted octanol–water partition coefficient (Wildman–Crippen LogP) is 13.8. The van der Waals surface area contributed by atoms with Crippen LogP contribution >= 0.6 is 31.1 Å². The maximum Gasteiger partial charge on any atom is 0.117 e. The number of anilines is 2. The molecule has 7 rings (SSSR count). The lowest BCUT2D eigenvalue weighted by atomic mass is 9.89. The van der Waals surface area contributed by atoms with Gasteiger partial charge in [0.2, 0.25) is 0 Å². The Bertz CT molecular complexity index is 1610. The molecule has 0 aromatic heterocycles. The molecule has 1 heterocycles. The molecule has 2 atom stereocenters. The summed E-state index contributed by atoms with van der Waals surface area (Å²) in [6.45, 7) is 15.5. The molecule has 5 aliphatic rings. The van der Waals surface area contributed by atoms with E-state index < -0.39 is 0 Å². The minimum atomic E-state index is -0.366. The van der Waals surface area contributed by atoms with Gasteiger partial charge in [0.05, 0.1) is 9.99 Å². The molecule has 2 aromatic rings. The van der Waals surface area contributed by atoms with Gasteiger partial charge in [-0.2, -0.15) is 0 Å². The summed E-state index contributed by atoms with van der Waals surface area (Å²) >= 11 is 15.7. The molecule has 0 amide bonds. The lowest BCUT2D eigenvalue weighted by Gasteiger charge is -2.51. The fourth-order valence-electron chi connectivity index (χ4n) is 10.7. The van der Waals surface area contributed by atoms with E-state index in [0.29, 0.717) is 0 Å². The fourth-order valence-corrected chi connectivity index (χ4v) is 17.0. The van der Waals surface area contributed by atoms with Crippen molar-refractivity contribution in [2.24, 2.45) is 0 Å². The molecule has 2 aromatic carbocycles. The molecule has 2 unspecified atom stereocenters. The van der Waals surface area contributed by atoms with Crippen molar-refractivity contribution in [3.63, 3.8) is 0 Å². The van der Waals surface area contributed by atoms with E-state index in [1.807, 2.05) is 0 Å². The van der Waals surface area contributed by atoms with E-state index in [4.69, 9.17) is 23.2 Å². The van der Waals surface area contributed by atoms with Gasteiger partial charge in [0.1, 0.15) is 5.82 Å². The van der Waals surface area contributed by atoms with Crippen LogP contribution in [-0.4, -0.2) is 34.4 Å². The molecule has 0 bridgehead atoms. The van der Waals surface area contributed by atoms with Crippen molar-refractivity contribution in [2.75, 3.05) is 22.9 Å². The average Bonchev–Trinajstić information content (AvgIpc) is 3.50. The molecule has 0 spiro atoms. The van der Waals surface area contributed by atoms with Crippen LogP contribution < -0.4 is 9.80 Å². The lowest BCUT2D eigenvalue weighted by Crippen LogP contribution is -2.39. The highest BCUT2D eigenvalue weighted by atomic mass is 35.5. The Hall–Kier alpha value is -1.99. The standard InChI is InChI=1S/C46H61Cl2N2P/c1-31-25-33(3)43(34(4)26-31)49-23-24-50(44-35(5)27-32(2)28-36(44)6)45(49)38-16-13-15-37(29-38)30-41-42(47)21-14-22-46(41,48)51(39-17-9-7-10-18-39)40-19-11-8-12-20-40/h13,15-16,25-28,30,39-40,42H,7-12,14,17-24,29H2,1-6H3. The molecule has 51 heavy (non-hydrogen) atoms. The van der Waals surface area contributed by atoms with Gasteiger partial charge in [-0.3, -0.25) is 0 Å². The topological polar surface area (TPSA) is 6.48 Å². The van der Waals surface area contributed by atoms with E-state index in [2.05, 4.69) is 99.9 Å². The number of alkyl halides is 2. The van der Waals surface area contributed by atoms with E-state index in [1.54, 1.807) is 0 Å². The van der Waals surface area contributed by atoms with Gasteiger partial charge in [-0.15, -0.1) is 23.2 Å². The first kappa shape index (κ1) is 37.3. The van der Waals surface area contributed by atoms with Crippen molar-refractivity contribution < 1.29 is 0 Å². The third kappa shape index (κ3) is 7.55. The van der Waals surface area contributed by atoms with Gasteiger partial charge in [0, 0.05) is 30.9 Å². The van der Waals surface area contributed by atoms with Gasteiger partial charge in [0.15, 0.2) is 0 Å². The van der Waals surface area contributed by atoms with Crippen molar-refractivity contribution in [2.45, 2.75) is 153 Å². The van der Waals surface area contributed by atoms with Gasteiger partial charge in [-0.25, -0.2) is 0 Å². The van der Waals surface area contributed by atoms with E-state index in [1.165, 1.54) is 132 Å². The molecule has 1 aliphatic heterocycles. The molecular weight excluding hydrogens is 682 g/mol. The smallest absolute Gasteiger partial charge is 0.117 e. The number of nitrogens with zero attached hydrogens (tertiary/aromatic N) is 2. The first-order chi connectivity index (χ1) is 24.5. The van der Waals surface area contributed by atoms with Crippen LogP contribution in [0.2, 0.25) is 0 Å². The number of rotatable bonds is 6. The molecule has 4 aliphatic carbocycles. The van der Waals surface area contributed by atoms with E-state index in [0.717, 1.165) is 50.1 Å². The Labute approximate surface area is 321 Å². The Balaban J connectivity index is 1.31. The van der Waals surface area contributed by atoms with Gasteiger partial charge in [-0.1, -0.05) is 106 Å². The van der Waals surface area contributed by atoms with Crippen LogP contribution in [0.3, 0.4) is 0 Å². The minimum Gasteiger partial charge on any atom is -0.325 e. The molecule has 3 saturated carbocycles. The van der Waals surface area contributed by atoms with Crippen LogP contribution in [0.1, 0.15) is 123 Å². The maximum absolute atomic E-state index is 8.26. The number of allylic oxidation sites excluding steroid dienone is 7. The molecule has 5 heteroatoms. The van der Waals surface area contributed by atoms with Crippen molar-refractivity contribution in [1.82, 2.24) is 0 Å². The highest BCUT2D eigenvalue weighted by Gasteiger charge is 2.50. The molecular formula is C46H61Cl2N2P. The predicted molar refractivity (Wildman–Crippen MR) is 226 cm³/mol. The van der Waals surface area contributed by atoms with Gasteiger partial charge in [0.25, 0.3) is 0 Å². The van der Waals surface area contributed by atoms with E-state index >= 15 is 0 Å². The molecule has 0 radical (unpaired) electrons. The summed E-state index contributed by atoms with van der Waals surface area (Å²) < 4.78 is -0.281. The molecule has 4 fully saturated rings. The zero-order valence-corrected chi connectivity index (χ0v) is 34.7. The monoisotopic (exact) mass is 742 g/mol. The Kier molecular flexibility index (Phi) is 11.5. The number of hydrogen-bond acceptors (Lipinski definition) is 2. The zero-order chi connectivity index (χ0) is 35.9. The average molecular weight is 744 g/mol. The third-order valence-corrected chi connectivity index (χ3v) is 17.9. The summed E-state index contributed by atoms with van der Waals surface area (Å²) in [6, 6.07) is 9.40. The summed E-state index contributed by atoms with van der Waals surface area (Å²) in [5.41, 5.74) is 16.4. The zero-order valence-electron chi connectivity index (χ0n) is 32.3. The number of halogens is 2. The summed E-state index contributed by atoms with van der Waals surface area (Å²) in [7, 11) is -0.366. The Morgan fingerprint density at radius 1 is 0.686 bits per heavy atom. The van der Waals surface area contributed by atoms with Crippen LogP contribution in [0, 0.1) is 41.5 Å². The summed E-state index contributed by atoms with van der Waals surface area (Å²) in [5, 5.41) is 0.0199. The fraction of sp³-hybridized carbons (Fsp3) is 0.565. The van der Waals surface area contributed by atoms with Crippen molar-refractivity contribution in [1.29, 1.82) is 0 Å². The van der Waals surface area contributed by atoms with Gasteiger partial charge < -0.3 is 9.80 Å². The number of aryl methyl sites for hydroxylation is 6. The first-order valence-electron chi connectivity index (χ1n) is 20.2. The Morgan fingerprint density at radius 2 is 1.18 bits per heavy atom. The third-order valence-electron chi connectivity index (χ3n) is 12.6. The highest BCUT2D eigenvalue weighted by Crippen LogP contribution is 2.71. The van der Waals surface area contributed by atoms with E-state index in [9.17, 15) is 0 Å². The largest absolute Gasteiger partial charge is 0.325 e. The normalized spacial score (nSPS) is 26.2. The molecule has 274 valence electrons. The van der Waals surface area contributed by atoms with Crippen LogP contribution in [0.15, 0.2) is 71.1 Å².